The Bertz CT molecular complexity index is 770. The largest absolute Gasteiger partial charge is 0.329 e. The first kappa shape index (κ1) is 14.1. The van der Waals surface area contributed by atoms with Crippen molar-refractivity contribution in [3.8, 4) is 11.1 Å². The van der Waals surface area contributed by atoms with Crippen molar-refractivity contribution in [2.75, 3.05) is 0 Å². The van der Waals surface area contributed by atoms with Crippen LogP contribution in [0.2, 0.25) is 5.15 Å². The number of benzene rings is 1. The van der Waals surface area contributed by atoms with Crippen molar-refractivity contribution in [3.05, 3.63) is 55.8 Å². The van der Waals surface area contributed by atoms with Gasteiger partial charge in [-0.15, -0.1) is 0 Å². The third-order valence-corrected chi connectivity index (χ3v) is 4.22. The van der Waals surface area contributed by atoms with Crippen LogP contribution in [0.1, 0.15) is 24.8 Å². The second-order valence-electron chi connectivity index (χ2n) is 5.67. The summed E-state index contributed by atoms with van der Waals surface area (Å²) >= 11 is 6.09. The Morgan fingerprint density at radius 3 is 2.52 bits per heavy atom. The van der Waals surface area contributed by atoms with Gasteiger partial charge in [-0.3, -0.25) is 14.3 Å². The van der Waals surface area contributed by atoms with Gasteiger partial charge in [-0.25, -0.2) is 4.79 Å². The maximum Gasteiger partial charge on any atom is 0.329 e. The number of nitrogens with zero attached hydrogens (tertiary/aromatic N) is 1. The lowest BCUT2D eigenvalue weighted by atomic mass is 10.1. The molecule has 1 saturated carbocycles. The molecule has 0 saturated heterocycles. The summed E-state index contributed by atoms with van der Waals surface area (Å²) in [6, 6.07) is 7.54. The van der Waals surface area contributed by atoms with E-state index in [2.05, 4.69) is 4.98 Å². The van der Waals surface area contributed by atoms with E-state index in [1.54, 1.807) is 0 Å². The monoisotopic (exact) mass is 304 g/mol. The molecule has 1 heterocycles. The van der Waals surface area contributed by atoms with E-state index >= 15 is 0 Å². The Morgan fingerprint density at radius 1 is 1.24 bits per heavy atom. The van der Waals surface area contributed by atoms with Crippen LogP contribution >= 0.6 is 11.6 Å². The number of halogens is 1. The molecule has 1 N–H and O–H groups in total. The second-order valence-corrected chi connectivity index (χ2v) is 6.05. The highest BCUT2D eigenvalue weighted by molar-refractivity contribution is 6.32. The number of hydrogen-bond acceptors (Lipinski definition) is 2. The first-order valence-corrected chi connectivity index (χ1v) is 7.53. The lowest BCUT2D eigenvalue weighted by molar-refractivity contribution is 0.558. The maximum absolute atomic E-state index is 12.6. The minimum Gasteiger partial charge on any atom is -0.297 e. The van der Waals surface area contributed by atoms with E-state index in [0.29, 0.717) is 18.0 Å². The fraction of sp³-hybridized carbons (Fsp3) is 0.375. The van der Waals surface area contributed by atoms with Gasteiger partial charge in [0.2, 0.25) is 0 Å². The minimum absolute atomic E-state index is 0.108. The third-order valence-electron chi connectivity index (χ3n) is 3.94. The Kier molecular flexibility index (Phi) is 3.72. The summed E-state index contributed by atoms with van der Waals surface area (Å²) < 4.78 is 1.26. The van der Waals surface area contributed by atoms with E-state index in [1.807, 2.05) is 31.2 Å². The number of aromatic nitrogens is 2. The standard InChI is InChI=1S/C16H17ClN2O2/c1-10-2-6-12(7-3-10)13-14(17)18-16(21)19(15(13)20)9-8-11-4-5-11/h2-3,6-7,11H,4-5,8-9H2,1H3,(H,18,21). The van der Waals surface area contributed by atoms with Gasteiger partial charge in [-0.1, -0.05) is 54.3 Å². The molecule has 0 amide bonds. The fourth-order valence-corrected chi connectivity index (χ4v) is 2.71. The molecule has 1 aliphatic rings. The summed E-state index contributed by atoms with van der Waals surface area (Å²) in [6.45, 7) is 2.43. The molecule has 0 atom stereocenters. The van der Waals surface area contributed by atoms with Crippen molar-refractivity contribution in [2.45, 2.75) is 32.7 Å². The number of rotatable bonds is 4. The number of H-pyrrole nitrogens is 1. The normalized spacial score (nSPS) is 14.4. The molecule has 1 aromatic carbocycles. The highest BCUT2D eigenvalue weighted by Crippen LogP contribution is 2.32. The van der Waals surface area contributed by atoms with Gasteiger partial charge in [-0.05, 0) is 24.8 Å². The molecule has 21 heavy (non-hydrogen) atoms. The van der Waals surface area contributed by atoms with Crippen LogP contribution < -0.4 is 11.2 Å². The van der Waals surface area contributed by atoms with Crippen LogP contribution in [0.3, 0.4) is 0 Å². The summed E-state index contributed by atoms with van der Waals surface area (Å²) in [5.41, 5.74) is 1.46. The number of aryl methyl sites for hydroxylation is 1. The highest BCUT2D eigenvalue weighted by atomic mass is 35.5. The predicted octanol–water partition coefficient (Wildman–Crippen LogP) is 2.97. The van der Waals surface area contributed by atoms with Gasteiger partial charge >= 0.3 is 5.69 Å². The molecule has 1 aliphatic carbocycles. The lowest BCUT2D eigenvalue weighted by Gasteiger charge is -2.09. The van der Waals surface area contributed by atoms with Gasteiger partial charge in [0.15, 0.2) is 0 Å². The lowest BCUT2D eigenvalue weighted by Crippen LogP contribution is -2.36. The average Bonchev–Trinajstić information content (AvgIpc) is 3.24. The van der Waals surface area contributed by atoms with Gasteiger partial charge in [0.25, 0.3) is 5.56 Å². The highest BCUT2D eigenvalue weighted by Gasteiger charge is 2.22. The second kappa shape index (κ2) is 5.53. The van der Waals surface area contributed by atoms with Gasteiger partial charge in [0.05, 0.1) is 5.56 Å². The van der Waals surface area contributed by atoms with E-state index in [4.69, 9.17) is 11.6 Å². The molecular weight excluding hydrogens is 288 g/mol. The summed E-state index contributed by atoms with van der Waals surface area (Å²) in [5, 5.41) is 0.108. The Labute approximate surface area is 127 Å². The molecule has 110 valence electrons. The zero-order valence-corrected chi connectivity index (χ0v) is 12.6. The smallest absolute Gasteiger partial charge is 0.297 e. The van der Waals surface area contributed by atoms with E-state index in [1.165, 1.54) is 17.4 Å². The van der Waals surface area contributed by atoms with Gasteiger partial charge < -0.3 is 0 Å². The predicted molar refractivity (Wildman–Crippen MR) is 83.8 cm³/mol. The number of nitrogens with one attached hydrogen (secondary N) is 1. The molecule has 1 fully saturated rings. The molecule has 4 nitrogen and oxygen atoms in total. The summed E-state index contributed by atoms with van der Waals surface area (Å²) in [4.78, 5) is 27.1. The Hall–Kier alpha value is -1.81. The Balaban J connectivity index is 2.06. The van der Waals surface area contributed by atoms with Crippen LogP contribution in [0.25, 0.3) is 11.1 Å². The summed E-state index contributed by atoms with van der Waals surface area (Å²) in [6.07, 6.45) is 3.27. The molecule has 1 aromatic heterocycles. The van der Waals surface area contributed by atoms with Crippen LogP contribution in [0.15, 0.2) is 33.9 Å². The van der Waals surface area contributed by atoms with Crippen molar-refractivity contribution in [3.63, 3.8) is 0 Å². The Morgan fingerprint density at radius 2 is 1.90 bits per heavy atom. The first-order valence-electron chi connectivity index (χ1n) is 7.16. The third kappa shape index (κ3) is 2.95. The summed E-state index contributed by atoms with van der Waals surface area (Å²) in [5.74, 6) is 0.662. The van der Waals surface area contributed by atoms with Crippen LogP contribution in [0.5, 0.6) is 0 Å². The summed E-state index contributed by atoms with van der Waals surface area (Å²) in [7, 11) is 0. The minimum atomic E-state index is -0.429. The topological polar surface area (TPSA) is 54.9 Å². The van der Waals surface area contributed by atoms with Crippen LogP contribution in [0, 0.1) is 12.8 Å². The molecule has 0 spiro atoms. The molecule has 0 unspecified atom stereocenters. The maximum atomic E-state index is 12.6. The fourth-order valence-electron chi connectivity index (χ4n) is 2.44. The zero-order valence-electron chi connectivity index (χ0n) is 11.9. The van der Waals surface area contributed by atoms with Crippen molar-refractivity contribution < 1.29 is 0 Å². The molecule has 5 heteroatoms. The number of aromatic amines is 1. The number of hydrogen-bond donors (Lipinski definition) is 1. The zero-order chi connectivity index (χ0) is 15.0. The molecule has 3 rings (SSSR count). The average molecular weight is 305 g/mol. The van der Waals surface area contributed by atoms with Gasteiger partial charge in [0.1, 0.15) is 5.15 Å². The SMILES string of the molecule is Cc1ccc(-c2c(Cl)[nH]c(=O)n(CCC3CC3)c2=O)cc1. The molecule has 0 bridgehead atoms. The first-order chi connectivity index (χ1) is 10.1. The van der Waals surface area contributed by atoms with Crippen molar-refractivity contribution in [1.82, 2.24) is 9.55 Å². The van der Waals surface area contributed by atoms with E-state index < -0.39 is 5.69 Å². The van der Waals surface area contributed by atoms with Crippen LogP contribution in [0.4, 0.5) is 0 Å². The van der Waals surface area contributed by atoms with E-state index in [9.17, 15) is 9.59 Å². The van der Waals surface area contributed by atoms with Crippen molar-refractivity contribution in [2.24, 2.45) is 5.92 Å². The van der Waals surface area contributed by atoms with Crippen molar-refractivity contribution in [1.29, 1.82) is 0 Å². The van der Waals surface area contributed by atoms with E-state index in [-0.39, 0.29) is 10.7 Å². The molecular formula is C16H17ClN2O2. The molecule has 2 aromatic rings. The molecule has 0 aliphatic heterocycles. The van der Waals surface area contributed by atoms with Crippen molar-refractivity contribution >= 4 is 11.6 Å². The van der Waals surface area contributed by atoms with Gasteiger partial charge in [0, 0.05) is 6.54 Å². The van der Waals surface area contributed by atoms with Crippen LogP contribution in [-0.4, -0.2) is 9.55 Å². The van der Waals surface area contributed by atoms with E-state index in [0.717, 1.165) is 17.5 Å². The van der Waals surface area contributed by atoms with Crippen LogP contribution in [-0.2, 0) is 6.54 Å². The quantitative estimate of drug-likeness (QED) is 0.883. The molecule has 0 radical (unpaired) electrons. The van der Waals surface area contributed by atoms with Gasteiger partial charge in [-0.2, -0.15) is 0 Å².